The molecule has 0 aliphatic rings. The molecule has 1 atom stereocenters. The fraction of sp³-hybridized carbons (Fsp3) is 0.533. The molecule has 0 saturated heterocycles. The predicted molar refractivity (Wildman–Crippen MR) is 71.9 cm³/mol. The van der Waals surface area contributed by atoms with Gasteiger partial charge in [0.15, 0.2) is 6.10 Å². The molecule has 0 aromatic heterocycles. The molecule has 1 unspecified atom stereocenters. The van der Waals surface area contributed by atoms with Gasteiger partial charge in [-0.2, -0.15) is 0 Å². The quantitative estimate of drug-likeness (QED) is 0.726. The molecule has 0 radical (unpaired) electrons. The van der Waals surface area contributed by atoms with Crippen molar-refractivity contribution in [2.45, 2.75) is 46.1 Å². The van der Waals surface area contributed by atoms with Crippen LogP contribution in [0.25, 0.3) is 0 Å². The number of hydrogen-bond acceptors (Lipinski definition) is 3. The Morgan fingerprint density at radius 1 is 1.22 bits per heavy atom. The van der Waals surface area contributed by atoms with E-state index in [0.717, 1.165) is 29.7 Å². The molecule has 0 saturated carbocycles. The number of rotatable bonds is 6. The molecule has 1 aromatic carbocycles. The van der Waals surface area contributed by atoms with E-state index in [1.165, 1.54) is 7.11 Å². The Morgan fingerprint density at radius 3 is 2.33 bits per heavy atom. The number of benzene rings is 1. The van der Waals surface area contributed by atoms with E-state index in [4.69, 9.17) is 9.47 Å². The fourth-order valence-electron chi connectivity index (χ4n) is 1.91. The molecule has 0 amide bonds. The van der Waals surface area contributed by atoms with Gasteiger partial charge in [0.2, 0.25) is 0 Å². The molecule has 0 aliphatic carbocycles. The van der Waals surface area contributed by atoms with Crippen molar-refractivity contribution < 1.29 is 14.3 Å². The van der Waals surface area contributed by atoms with E-state index >= 15 is 0 Å². The zero-order valence-corrected chi connectivity index (χ0v) is 11.7. The van der Waals surface area contributed by atoms with Crippen LogP contribution in [-0.2, 0) is 9.53 Å². The summed E-state index contributed by atoms with van der Waals surface area (Å²) < 4.78 is 10.5. The van der Waals surface area contributed by atoms with Crippen molar-refractivity contribution in [1.82, 2.24) is 0 Å². The Kier molecular flexibility index (Phi) is 5.69. The van der Waals surface area contributed by atoms with Gasteiger partial charge >= 0.3 is 5.97 Å². The molecular formula is C15H22O3. The highest BCUT2D eigenvalue weighted by Gasteiger charge is 2.20. The second kappa shape index (κ2) is 7.04. The van der Waals surface area contributed by atoms with Crippen molar-refractivity contribution in [3.63, 3.8) is 0 Å². The summed E-state index contributed by atoms with van der Waals surface area (Å²) in [5.74, 6) is 0.432. The first-order valence-electron chi connectivity index (χ1n) is 6.39. The van der Waals surface area contributed by atoms with Crippen LogP contribution in [0.4, 0.5) is 0 Å². The van der Waals surface area contributed by atoms with E-state index < -0.39 is 6.10 Å². The first kappa shape index (κ1) is 14.6. The smallest absolute Gasteiger partial charge is 0.347 e. The first-order valence-corrected chi connectivity index (χ1v) is 6.39. The van der Waals surface area contributed by atoms with Crippen molar-refractivity contribution in [3.05, 3.63) is 29.3 Å². The number of methoxy groups -OCH3 is 1. The van der Waals surface area contributed by atoms with Gasteiger partial charge in [-0.15, -0.1) is 0 Å². The zero-order valence-electron chi connectivity index (χ0n) is 11.7. The summed E-state index contributed by atoms with van der Waals surface area (Å²) in [7, 11) is 1.39. The van der Waals surface area contributed by atoms with Crippen LogP contribution in [0.2, 0.25) is 0 Å². The number of ether oxygens (including phenoxy) is 2. The van der Waals surface area contributed by atoms with Crippen LogP contribution in [0.3, 0.4) is 0 Å². The van der Waals surface area contributed by atoms with Crippen molar-refractivity contribution in [1.29, 1.82) is 0 Å². The van der Waals surface area contributed by atoms with Gasteiger partial charge in [-0.1, -0.05) is 19.4 Å². The minimum atomic E-state index is -0.504. The van der Waals surface area contributed by atoms with Crippen LogP contribution in [0, 0.1) is 13.8 Å². The number of aryl methyl sites for hydroxylation is 2. The summed E-state index contributed by atoms with van der Waals surface area (Å²) in [5, 5.41) is 0. The maximum absolute atomic E-state index is 11.6. The normalized spacial score (nSPS) is 12.0. The first-order chi connectivity index (χ1) is 8.56. The summed E-state index contributed by atoms with van der Waals surface area (Å²) in [6.07, 6.45) is 2.17. The molecule has 18 heavy (non-hydrogen) atoms. The van der Waals surface area contributed by atoms with Crippen molar-refractivity contribution in [2.75, 3.05) is 7.11 Å². The van der Waals surface area contributed by atoms with Crippen LogP contribution in [0.5, 0.6) is 5.75 Å². The Labute approximate surface area is 109 Å². The maximum Gasteiger partial charge on any atom is 0.347 e. The molecule has 100 valence electrons. The topological polar surface area (TPSA) is 35.5 Å². The largest absolute Gasteiger partial charge is 0.479 e. The molecule has 1 aromatic rings. The zero-order chi connectivity index (χ0) is 13.5. The van der Waals surface area contributed by atoms with Crippen molar-refractivity contribution >= 4 is 5.97 Å². The molecule has 3 heteroatoms. The van der Waals surface area contributed by atoms with Crippen LogP contribution in [-0.4, -0.2) is 19.2 Å². The van der Waals surface area contributed by atoms with Gasteiger partial charge in [0.25, 0.3) is 0 Å². The number of carbonyl (C=O) groups is 1. The van der Waals surface area contributed by atoms with Gasteiger partial charge in [-0.3, -0.25) is 0 Å². The Hall–Kier alpha value is -1.51. The molecular weight excluding hydrogens is 228 g/mol. The standard InChI is InChI=1S/C15H22O3/c1-5-6-7-14(15(16)17-4)18-13-9-11(2)8-12(3)10-13/h8-10,14H,5-7H2,1-4H3. The minimum absolute atomic E-state index is 0.303. The summed E-state index contributed by atoms with van der Waals surface area (Å²) in [5.41, 5.74) is 2.26. The second-order valence-electron chi connectivity index (χ2n) is 4.60. The summed E-state index contributed by atoms with van der Waals surface area (Å²) in [4.78, 5) is 11.6. The number of carbonyl (C=O) groups excluding carboxylic acids is 1. The lowest BCUT2D eigenvalue weighted by Gasteiger charge is -2.17. The van der Waals surface area contributed by atoms with Gasteiger partial charge in [0.05, 0.1) is 7.11 Å². The molecule has 0 bridgehead atoms. The highest BCUT2D eigenvalue weighted by molar-refractivity contribution is 5.74. The minimum Gasteiger partial charge on any atom is -0.479 e. The predicted octanol–water partition coefficient (Wildman–Crippen LogP) is 3.41. The lowest BCUT2D eigenvalue weighted by molar-refractivity contribution is -0.149. The van der Waals surface area contributed by atoms with Gasteiger partial charge in [0.1, 0.15) is 5.75 Å². The van der Waals surface area contributed by atoms with Crippen LogP contribution < -0.4 is 4.74 Å². The van der Waals surface area contributed by atoms with Crippen LogP contribution in [0.1, 0.15) is 37.3 Å². The van der Waals surface area contributed by atoms with Crippen molar-refractivity contribution in [3.8, 4) is 5.75 Å². The van der Waals surface area contributed by atoms with E-state index in [1.807, 2.05) is 26.0 Å². The number of hydrogen-bond donors (Lipinski definition) is 0. The van der Waals surface area contributed by atoms with E-state index in [0.29, 0.717) is 6.42 Å². The summed E-state index contributed by atoms with van der Waals surface area (Å²) >= 11 is 0. The van der Waals surface area contributed by atoms with Crippen molar-refractivity contribution in [2.24, 2.45) is 0 Å². The highest BCUT2D eigenvalue weighted by atomic mass is 16.6. The average Bonchev–Trinajstić information content (AvgIpc) is 2.32. The van der Waals surface area contributed by atoms with Crippen LogP contribution in [0.15, 0.2) is 18.2 Å². The van der Waals surface area contributed by atoms with Gasteiger partial charge in [-0.25, -0.2) is 4.79 Å². The molecule has 1 rings (SSSR count). The van der Waals surface area contributed by atoms with E-state index in [9.17, 15) is 4.79 Å². The molecule has 0 N–H and O–H groups in total. The highest BCUT2D eigenvalue weighted by Crippen LogP contribution is 2.19. The van der Waals surface area contributed by atoms with Gasteiger partial charge < -0.3 is 9.47 Å². The lowest BCUT2D eigenvalue weighted by Crippen LogP contribution is -2.28. The van der Waals surface area contributed by atoms with E-state index in [1.54, 1.807) is 0 Å². The Morgan fingerprint density at radius 2 is 1.83 bits per heavy atom. The average molecular weight is 250 g/mol. The molecule has 0 aliphatic heterocycles. The third-order valence-corrected chi connectivity index (χ3v) is 2.76. The maximum atomic E-state index is 11.6. The van der Waals surface area contributed by atoms with E-state index in [-0.39, 0.29) is 5.97 Å². The molecule has 0 heterocycles. The molecule has 3 nitrogen and oxygen atoms in total. The molecule has 0 fully saturated rings. The second-order valence-corrected chi connectivity index (χ2v) is 4.60. The summed E-state index contributed by atoms with van der Waals surface area (Å²) in [6.45, 7) is 6.11. The van der Waals surface area contributed by atoms with Gasteiger partial charge in [0, 0.05) is 0 Å². The Bertz CT molecular complexity index is 378. The lowest BCUT2D eigenvalue weighted by atomic mass is 10.1. The number of esters is 1. The summed E-state index contributed by atoms with van der Waals surface area (Å²) in [6, 6.07) is 5.95. The number of unbranched alkanes of at least 4 members (excludes halogenated alkanes) is 1. The fourth-order valence-corrected chi connectivity index (χ4v) is 1.91. The SMILES string of the molecule is CCCCC(Oc1cc(C)cc(C)c1)C(=O)OC. The molecule has 0 spiro atoms. The Balaban J connectivity index is 2.78. The van der Waals surface area contributed by atoms with Gasteiger partial charge in [-0.05, 0) is 49.9 Å². The van der Waals surface area contributed by atoms with Crippen LogP contribution >= 0.6 is 0 Å². The van der Waals surface area contributed by atoms with E-state index in [2.05, 4.69) is 13.0 Å². The third-order valence-electron chi connectivity index (χ3n) is 2.76. The third kappa shape index (κ3) is 4.40. The monoisotopic (exact) mass is 250 g/mol.